The van der Waals surface area contributed by atoms with Gasteiger partial charge in [0.15, 0.2) is 0 Å². The van der Waals surface area contributed by atoms with Crippen LogP contribution in [0.4, 0.5) is 0 Å². The number of hydrogen-bond acceptors (Lipinski definition) is 3. The van der Waals surface area contributed by atoms with E-state index in [4.69, 9.17) is 16.3 Å². The van der Waals surface area contributed by atoms with Crippen LogP contribution in [0.1, 0.15) is 11.3 Å². The summed E-state index contributed by atoms with van der Waals surface area (Å²) in [5.74, 6) is 0.562. The number of pyridine rings is 1. The highest BCUT2D eigenvalue weighted by atomic mass is 35.5. The molecule has 1 aromatic heterocycles. The van der Waals surface area contributed by atoms with Gasteiger partial charge in [0.25, 0.3) is 0 Å². The fourth-order valence-electron chi connectivity index (χ4n) is 2.78. The number of nitrogens with zero attached hydrogens (tertiary/aromatic N) is 2. The molecule has 20 heavy (non-hydrogen) atoms. The number of alkyl halides is 1. The predicted octanol–water partition coefficient (Wildman–Crippen LogP) is 2.98. The van der Waals surface area contributed by atoms with Gasteiger partial charge in [-0.25, -0.2) is 0 Å². The van der Waals surface area contributed by atoms with Gasteiger partial charge in [-0.3, -0.25) is 9.88 Å². The number of para-hydroxylation sites is 1. The largest absolute Gasteiger partial charge is 0.374 e. The molecule has 3 rings (SSSR count). The highest BCUT2D eigenvalue weighted by molar-refractivity contribution is 6.18. The Hall–Kier alpha value is -1.16. The molecule has 1 fully saturated rings. The number of rotatable bonds is 3. The summed E-state index contributed by atoms with van der Waals surface area (Å²) < 4.78 is 5.62. The van der Waals surface area contributed by atoms with Crippen LogP contribution in [0.5, 0.6) is 0 Å². The Morgan fingerprint density at radius 1 is 1.40 bits per heavy atom. The minimum atomic E-state index is 0.152. The van der Waals surface area contributed by atoms with E-state index >= 15 is 0 Å². The fraction of sp³-hybridized carbons (Fsp3) is 0.438. The number of fused-ring (bicyclic) bond motifs is 1. The van der Waals surface area contributed by atoms with E-state index in [0.29, 0.717) is 5.88 Å². The average Bonchev–Trinajstić information content (AvgIpc) is 2.47. The molecule has 0 saturated carbocycles. The Balaban J connectivity index is 1.86. The van der Waals surface area contributed by atoms with Crippen LogP contribution in [0, 0.1) is 6.92 Å². The molecule has 0 amide bonds. The molecular formula is C16H19ClN2O. The Kier molecular flexibility index (Phi) is 4.20. The molecular weight excluding hydrogens is 272 g/mol. The van der Waals surface area contributed by atoms with Gasteiger partial charge in [0.2, 0.25) is 0 Å². The lowest BCUT2D eigenvalue weighted by atomic mass is 10.1. The van der Waals surface area contributed by atoms with Gasteiger partial charge in [0.05, 0.1) is 18.2 Å². The molecule has 0 spiro atoms. The minimum Gasteiger partial charge on any atom is -0.374 e. The van der Waals surface area contributed by atoms with Crippen molar-refractivity contribution in [3.8, 4) is 0 Å². The van der Waals surface area contributed by atoms with Crippen LogP contribution in [0.15, 0.2) is 30.3 Å². The van der Waals surface area contributed by atoms with Crippen LogP contribution >= 0.6 is 11.6 Å². The summed E-state index contributed by atoms with van der Waals surface area (Å²) in [6, 6.07) is 10.5. The number of morpholine rings is 1. The average molecular weight is 291 g/mol. The summed E-state index contributed by atoms with van der Waals surface area (Å²) >= 11 is 5.91. The van der Waals surface area contributed by atoms with E-state index in [1.54, 1.807) is 0 Å². The quantitative estimate of drug-likeness (QED) is 0.813. The zero-order chi connectivity index (χ0) is 13.9. The van der Waals surface area contributed by atoms with Crippen LogP contribution in [-0.2, 0) is 11.3 Å². The first-order chi connectivity index (χ1) is 9.76. The van der Waals surface area contributed by atoms with Crippen molar-refractivity contribution in [3.63, 3.8) is 0 Å². The second kappa shape index (κ2) is 6.08. The molecule has 106 valence electrons. The van der Waals surface area contributed by atoms with Crippen LogP contribution in [0.2, 0.25) is 0 Å². The summed E-state index contributed by atoms with van der Waals surface area (Å²) in [5, 5.41) is 1.24. The van der Waals surface area contributed by atoms with Crippen LogP contribution in [-0.4, -0.2) is 41.6 Å². The standard InChI is InChI=1S/C16H19ClN2O/c1-12-8-13(15-4-2-3-5-16(15)18-12)10-19-6-7-20-14(9-17)11-19/h2-5,8,14H,6-7,9-11H2,1H3. The van der Waals surface area contributed by atoms with E-state index in [1.807, 2.05) is 6.07 Å². The third-order valence-electron chi connectivity index (χ3n) is 3.72. The number of ether oxygens (including phenoxy) is 1. The summed E-state index contributed by atoms with van der Waals surface area (Å²) in [6.45, 7) is 5.61. The maximum Gasteiger partial charge on any atom is 0.0837 e. The highest BCUT2D eigenvalue weighted by Crippen LogP contribution is 2.21. The smallest absolute Gasteiger partial charge is 0.0837 e. The van der Waals surface area contributed by atoms with Crippen LogP contribution in [0.3, 0.4) is 0 Å². The maximum absolute atomic E-state index is 5.91. The van der Waals surface area contributed by atoms with Gasteiger partial charge in [-0.15, -0.1) is 11.6 Å². The Morgan fingerprint density at radius 2 is 2.25 bits per heavy atom. The first-order valence-corrected chi connectivity index (χ1v) is 7.55. The molecule has 0 radical (unpaired) electrons. The third kappa shape index (κ3) is 2.95. The molecule has 1 aromatic carbocycles. The molecule has 1 aliphatic rings. The lowest BCUT2D eigenvalue weighted by molar-refractivity contribution is -0.0192. The fourth-order valence-corrected chi connectivity index (χ4v) is 2.97. The van der Waals surface area contributed by atoms with Gasteiger partial charge in [0.1, 0.15) is 0 Å². The van der Waals surface area contributed by atoms with Crippen LogP contribution in [0.25, 0.3) is 10.9 Å². The summed E-state index contributed by atoms with van der Waals surface area (Å²) in [4.78, 5) is 7.01. The molecule has 3 nitrogen and oxygen atoms in total. The lowest BCUT2D eigenvalue weighted by Gasteiger charge is -2.32. The first kappa shape index (κ1) is 13.8. The van der Waals surface area contributed by atoms with Crippen molar-refractivity contribution < 1.29 is 4.74 Å². The van der Waals surface area contributed by atoms with Crippen molar-refractivity contribution in [2.45, 2.75) is 19.6 Å². The third-order valence-corrected chi connectivity index (χ3v) is 4.06. The Labute approximate surface area is 124 Å². The van der Waals surface area contributed by atoms with Crippen molar-refractivity contribution >= 4 is 22.5 Å². The van der Waals surface area contributed by atoms with Crippen molar-refractivity contribution in [3.05, 3.63) is 41.6 Å². The maximum atomic E-state index is 5.91. The predicted molar refractivity (Wildman–Crippen MR) is 82.2 cm³/mol. The number of hydrogen-bond donors (Lipinski definition) is 0. The van der Waals surface area contributed by atoms with Crippen LogP contribution < -0.4 is 0 Å². The van der Waals surface area contributed by atoms with Crippen molar-refractivity contribution in [2.75, 3.05) is 25.6 Å². The SMILES string of the molecule is Cc1cc(CN2CCOC(CCl)C2)c2ccccc2n1. The number of benzene rings is 1. The van der Waals surface area contributed by atoms with E-state index in [1.165, 1.54) is 10.9 Å². The van der Waals surface area contributed by atoms with Gasteiger partial charge >= 0.3 is 0 Å². The molecule has 0 N–H and O–H groups in total. The highest BCUT2D eigenvalue weighted by Gasteiger charge is 2.20. The normalized spacial score (nSPS) is 20.4. The summed E-state index contributed by atoms with van der Waals surface area (Å²) in [5.41, 5.74) is 3.48. The number of aryl methyl sites for hydroxylation is 1. The molecule has 2 heterocycles. The Bertz CT molecular complexity index is 602. The van der Waals surface area contributed by atoms with E-state index in [0.717, 1.165) is 37.5 Å². The molecule has 4 heteroatoms. The van der Waals surface area contributed by atoms with Gasteiger partial charge in [-0.2, -0.15) is 0 Å². The van der Waals surface area contributed by atoms with E-state index in [-0.39, 0.29) is 6.10 Å². The second-order valence-electron chi connectivity index (χ2n) is 5.32. The molecule has 1 aliphatic heterocycles. The zero-order valence-electron chi connectivity index (χ0n) is 11.7. The van der Waals surface area contributed by atoms with Crippen molar-refractivity contribution in [2.24, 2.45) is 0 Å². The minimum absolute atomic E-state index is 0.152. The monoisotopic (exact) mass is 290 g/mol. The van der Waals surface area contributed by atoms with Gasteiger partial charge in [-0.05, 0) is 24.6 Å². The zero-order valence-corrected chi connectivity index (χ0v) is 12.4. The molecule has 1 unspecified atom stereocenters. The van der Waals surface area contributed by atoms with Gasteiger partial charge in [0, 0.05) is 36.6 Å². The second-order valence-corrected chi connectivity index (χ2v) is 5.63. The summed E-state index contributed by atoms with van der Waals surface area (Å²) in [6.07, 6.45) is 0.152. The molecule has 1 saturated heterocycles. The molecule has 0 aliphatic carbocycles. The summed E-state index contributed by atoms with van der Waals surface area (Å²) in [7, 11) is 0. The van der Waals surface area contributed by atoms with Gasteiger partial charge < -0.3 is 4.74 Å². The number of aromatic nitrogens is 1. The van der Waals surface area contributed by atoms with Crippen molar-refractivity contribution in [1.29, 1.82) is 0 Å². The first-order valence-electron chi connectivity index (χ1n) is 7.01. The van der Waals surface area contributed by atoms with E-state index in [9.17, 15) is 0 Å². The molecule has 2 aromatic rings. The molecule has 1 atom stereocenters. The number of halogens is 1. The topological polar surface area (TPSA) is 25.4 Å². The van der Waals surface area contributed by atoms with E-state index < -0.39 is 0 Å². The van der Waals surface area contributed by atoms with Crippen molar-refractivity contribution in [1.82, 2.24) is 9.88 Å². The lowest BCUT2D eigenvalue weighted by Crippen LogP contribution is -2.42. The van der Waals surface area contributed by atoms with Gasteiger partial charge in [-0.1, -0.05) is 18.2 Å². The molecule has 0 bridgehead atoms. The van der Waals surface area contributed by atoms with E-state index in [2.05, 4.69) is 41.1 Å². The Morgan fingerprint density at radius 3 is 3.10 bits per heavy atom.